The van der Waals surface area contributed by atoms with E-state index in [1.165, 1.54) is 39.0 Å². The summed E-state index contributed by atoms with van der Waals surface area (Å²) in [5.41, 5.74) is 0.863. The second-order valence-electron chi connectivity index (χ2n) is 6.76. The smallest absolute Gasteiger partial charge is 0.191 e. The zero-order valence-corrected chi connectivity index (χ0v) is 16.5. The van der Waals surface area contributed by atoms with E-state index in [1.54, 1.807) is 6.07 Å². The summed E-state index contributed by atoms with van der Waals surface area (Å²) in [6, 6.07) is 5.51. The first-order valence-electron chi connectivity index (χ1n) is 9.71. The number of methoxy groups -OCH3 is 1. The van der Waals surface area contributed by atoms with Crippen LogP contribution in [0.2, 0.25) is 0 Å². The van der Waals surface area contributed by atoms with E-state index in [9.17, 15) is 4.39 Å². The molecule has 0 radical (unpaired) electrons. The molecule has 0 bridgehead atoms. The van der Waals surface area contributed by atoms with Crippen LogP contribution in [0.25, 0.3) is 0 Å². The summed E-state index contributed by atoms with van der Waals surface area (Å²) in [6.07, 6.45) is 3.77. The molecule has 5 nitrogen and oxygen atoms in total. The lowest BCUT2D eigenvalue weighted by molar-refractivity contribution is 0.161. The van der Waals surface area contributed by atoms with Crippen molar-refractivity contribution in [1.29, 1.82) is 0 Å². The van der Waals surface area contributed by atoms with Gasteiger partial charge in [0.25, 0.3) is 0 Å². The highest BCUT2D eigenvalue weighted by Crippen LogP contribution is 2.22. The molecule has 0 aliphatic carbocycles. The fourth-order valence-electron chi connectivity index (χ4n) is 3.44. The molecule has 2 rings (SSSR count). The minimum Gasteiger partial charge on any atom is -0.494 e. The number of guanidine groups is 1. The Morgan fingerprint density at radius 3 is 2.85 bits per heavy atom. The Labute approximate surface area is 157 Å². The summed E-state index contributed by atoms with van der Waals surface area (Å²) in [4.78, 5) is 7.30. The van der Waals surface area contributed by atoms with E-state index in [4.69, 9.17) is 9.73 Å². The van der Waals surface area contributed by atoms with E-state index >= 15 is 0 Å². The fourth-order valence-corrected chi connectivity index (χ4v) is 3.44. The van der Waals surface area contributed by atoms with Crippen molar-refractivity contribution in [3.63, 3.8) is 0 Å². The standard InChI is InChI=1S/C20H33FN4O/c1-5-22-20(23-14-17-9-7-8-12-25(17)6-2)24-15(3)16-10-11-19(26-4)18(21)13-16/h10-11,13,15,17H,5-9,12,14H2,1-4H3,(H2,22,23,24). The van der Waals surface area contributed by atoms with Gasteiger partial charge in [-0.1, -0.05) is 19.4 Å². The average Bonchev–Trinajstić information content (AvgIpc) is 2.66. The zero-order valence-electron chi connectivity index (χ0n) is 16.5. The van der Waals surface area contributed by atoms with Crippen molar-refractivity contribution in [2.75, 3.05) is 33.3 Å². The summed E-state index contributed by atoms with van der Waals surface area (Å²) >= 11 is 0. The van der Waals surface area contributed by atoms with Gasteiger partial charge in [-0.3, -0.25) is 9.89 Å². The molecule has 1 aromatic rings. The second kappa shape index (κ2) is 10.4. The lowest BCUT2D eigenvalue weighted by Crippen LogP contribution is -2.43. The lowest BCUT2D eigenvalue weighted by Gasteiger charge is -2.34. The molecule has 0 aromatic heterocycles. The number of likely N-dealkylation sites (N-methyl/N-ethyl adjacent to an activating group) is 1. The number of ether oxygens (including phenoxy) is 1. The first-order valence-corrected chi connectivity index (χ1v) is 9.71. The van der Waals surface area contributed by atoms with Crippen LogP contribution >= 0.6 is 0 Å². The van der Waals surface area contributed by atoms with Crippen LogP contribution in [-0.2, 0) is 0 Å². The molecular weight excluding hydrogens is 331 g/mol. The summed E-state index contributed by atoms with van der Waals surface area (Å²) in [5, 5.41) is 6.68. The highest BCUT2D eigenvalue weighted by atomic mass is 19.1. The maximum atomic E-state index is 14.0. The minimum absolute atomic E-state index is 0.0539. The number of piperidine rings is 1. The number of aliphatic imine (C=N–C) groups is 1. The quantitative estimate of drug-likeness (QED) is 0.576. The number of hydrogen-bond donors (Lipinski definition) is 2. The molecule has 1 aromatic carbocycles. The normalized spacial score (nSPS) is 19.9. The van der Waals surface area contributed by atoms with Crippen LogP contribution in [-0.4, -0.2) is 50.2 Å². The van der Waals surface area contributed by atoms with Gasteiger partial charge in [0.1, 0.15) is 0 Å². The first-order chi connectivity index (χ1) is 12.6. The number of likely N-dealkylation sites (tertiary alicyclic amines) is 1. The summed E-state index contributed by atoms with van der Waals surface area (Å²) in [5.74, 6) is 0.692. The molecular formula is C20H33FN4O. The van der Waals surface area contributed by atoms with Crippen molar-refractivity contribution in [2.45, 2.75) is 52.1 Å². The number of benzene rings is 1. The predicted octanol–water partition coefficient (Wildman–Crippen LogP) is 3.32. The molecule has 146 valence electrons. The highest BCUT2D eigenvalue weighted by Gasteiger charge is 2.20. The summed E-state index contributed by atoms with van der Waals surface area (Å²) < 4.78 is 19.0. The Balaban J connectivity index is 2.02. The van der Waals surface area contributed by atoms with E-state index < -0.39 is 0 Å². The first kappa shape index (κ1) is 20.5. The van der Waals surface area contributed by atoms with E-state index in [0.717, 1.165) is 31.2 Å². The lowest BCUT2D eigenvalue weighted by atomic mass is 10.0. The van der Waals surface area contributed by atoms with Gasteiger partial charge in [-0.25, -0.2) is 4.39 Å². The molecule has 1 aliphatic heterocycles. The van der Waals surface area contributed by atoms with Crippen LogP contribution < -0.4 is 15.4 Å². The van der Waals surface area contributed by atoms with Gasteiger partial charge in [0.2, 0.25) is 0 Å². The van der Waals surface area contributed by atoms with Gasteiger partial charge in [0.15, 0.2) is 17.5 Å². The van der Waals surface area contributed by atoms with Gasteiger partial charge in [-0.2, -0.15) is 0 Å². The molecule has 1 heterocycles. The molecule has 6 heteroatoms. The third kappa shape index (κ3) is 5.59. The molecule has 0 saturated carbocycles. The van der Waals surface area contributed by atoms with E-state index in [2.05, 4.69) is 22.5 Å². The van der Waals surface area contributed by atoms with Crippen LogP contribution in [0.1, 0.15) is 51.6 Å². The molecule has 0 amide bonds. The van der Waals surface area contributed by atoms with Gasteiger partial charge < -0.3 is 15.4 Å². The van der Waals surface area contributed by atoms with Crippen molar-refractivity contribution in [3.8, 4) is 5.75 Å². The molecule has 1 fully saturated rings. The van der Waals surface area contributed by atoms with Crippen molar-refractivity contribution < 1.29 is 9.13 Å². The van der Waals surface area contributed by atoms with Crippen LogP contribution in [0.15, 0.2) is 23.2 Å². The zero-order chi connectivity index (χ0) is 18.9. The largest absolute Gasteiger partial charge is 0.494 e. The topological polar surface area (TPSA) is 48.9 Å². The summed E-state index contributed by atoms with van der Waals surface area (Å²) in [6.45, 7) is 10.1. The average molecular weight is 365 g/mol. The van der Waals surface area contributed by atoms with Gasteiger partial charge in [0.05, 0.1) is 19.7 Å². The molecule has 1 saturated heterocycles. The van der Waals surface area contributed by atoms with Crippen molar-refractivity contribution in [3.05, 3.63) is 29.6 Å². The van der Waals surface area contributed by atoms with E-state index in [1.807, 2.05) is 19.9 Å². The molecule has 0 spiro atoms. The third-order valence-electron chi connectivity index (χ3n) is 4.99. The van der Waals surface area contributed by atoms with Gasteiger partial charge in [-0.05, 0) is 57.5 Å². The van der Waals surface area contributed by atoms with Gasteiger partial charge in [0, 0.05) is 12.6 Å². The Kier molecular flexibility index (Phi) is 8.16. The summed E-state index contributed by atoms with van der Waals surface area (Å²) in [7, 11) is 1.47. The van der Waals surface area contributed by atoms with Crippen molar-refractivity contribution >= 4 is 5.96 Å². The van der Waals surface area contributed by atoms with Crippen molar-refractivity contribution in [2.24, 2.45) is 4.99 Å². The SMILES string of the molecule is CCNC(=NCC1CCCCN1CC)NC(C)c1ccc(OC)c(F)c1. The van der Waals surface area contributed by atoms with E-state index in [-0.39, 0.29) is 17.6 Å². The number of nitrogens with zero attached hydrogens (tertiary/aromatic N) is 2. The van der Waals surface area contributed by atoms with Crippen molar-refractivity contribution in [1.82, 2.24) is 15.5 Å². The monoisotopic (exact) mass is 364 g/mol. The second-order valence-corrected chi connectivity index (χ2v) is 6.76. The number of hydrogen-bond acceptors (Lipinski definition) is 3. The fraction of sp³-hybridized carbons (Fsp3) is 0.650. The Bertz CT molecular complexity index is 593. The highest BCUT2D eigenvalue weighted by molar-refractivity contribution is 5.80. The maximum absolute atomic E-state index is 14.0. The Morgan fingerprint density at radius 2 is 2.19 bits per heavy atom. The van der Waals surface area contributed by atoms with Crippen LogP contribution in [0.3, 0.4) is 0 Å². The third-order valence-corrected chi connectivity index (χ3v) is 4.99. The van der Waals surface area contributed by atoms with Gasteiger partial charge in [-0.15, -0.1) is 0 Å². The Morgan fingerprint density at radius 1 is 1.38 bits per heavy atom. The molecule has 2 atom stereocenters. The van der Waals surface area contributed by atoms with E-state index in [0.29, 0.717) is 6.04 Å². The number of nitrogens with one attached hydrogen (secondary N) is 2. The van der Waals surface area contributed by atoms with Crippen LogP contribution in [0.5, 0.6) is 5.75 Å². The molecule has 2 unspecified atom stereocenters. The Hall–Kier alpha value is -1.82. The maximum Gasteiger partial charge on any atom is 0.191 e. The molecule has 26 heavy (non-hydrogen) atoms. The minimum atomic E-state index is -0.346. The van der Waals surface area contributed by atoms with Gasteiger partial charge >= 0.3 is 0 Å². The van der Waals surface area contributed by atoms with Crippen LogP contribution in [0, 0.1) is 5.82 Å². The predicted molar refractivity (Wildman–Crippen MR) is 105 cm³/mol. The number of halogens is 1. The molecule has 2 N–H and O–H groups in total. The van der Waals surface area contributed by atoms with Crippen LogP contribution in [0.4, 0.5) is 4.39 Å². The number of rotatable bonds is 7. The molecule has 1 aliphatic rings.